The van der Waals surface area contributed by atoms with Crippen LogP contribution < -0.4 is 5.32 Å². The molecule has 0 spiro atoms. The summed E-state index contributed by atoms with van der Waals surface area (Å²) < 4.78 is 5.25. The van der Waals surface area contributed by atoms with Crippen LogP contribution in [0.5, 0.6) is 0 Å². The predicted octanol–water partition coefficient (Wildman–Crippen LogP) is 3.89. The molecule has 0 aliphatic rings. The van der Waals surface area contributed by atoms with E-state index >= 15 is 0 Å². The van der Waals surface area contributed by atoms with E-state index in [1.54, 1.807) is 0 Å². The van der Waals surface area contributed by atoms with Crippen molar-refractivity contribution in [2.45, 2.75) is 45.4 Å². The summed E-state index contributed by atoms with van der Waals surface area (Å²) in [5.74, 6) is 1.03. The number of unbranched alkanes of at least 4 members (excludes halogenated alkanes) is 1. The van der Waals surface area contributed by atoms with E-state index in [-0.39, 0.29) is 5.91 Å². The van der Waals surface area contributed by atoms with Crippen LogP contribution in [0.2, 0.25) is 0 Å². The zero-order valence-electron chi connectivity index (χ0n) is 14.6. The zero-order chi connectivity index (χ0) is 18.2. The monoisotopic (exact) mass is 371 g/mol. The van der Waals surface area contributed by atoms with Crippen molar-refractivity contribution < 1.29 is 9.32 Å². The molecule has 1 amide bonds. The standard InChI is InChI=1S/C18H21N5O2S/c1-2-3-12-16-21-22-18(26-16)19-14(24)10-7-11-15-20-17(23-25-15)13-8-5-4-6-9-13/h4-6,8-9H,2-3,7,10-12H2,1H3,(H,19,22,24). The third-order valence-corrected chi connectivity index (χ3v) is 4.65. The lowest BCUT2D eigenvalue weighted by molar-refractivity contribution is -0.116. The van der Waals surface area contributed by atoms with E-state index in [1.807, 2.05) is 30.3 Å². The summed E-state index contributed by atoms with van der Waals surface area (Å²) in [5, 5.41) is 16.4. The number of nitrogens with zero attached hydrogens (tertiary/aromatic N) is 4. The first kappa shape index (κ1) is 18.2. The Hall–Kier alpha value is -2.61. The van der Waals surface area contributed by atoms with Crippen molar-refractivity contribution in [3.8, 4) is 11.4 Å². The Labute approximate surface area is 155 Å². The van der Waals surface area contributed by atoms with Crippen molar-refractivity contribution in [2.24, 2.45) is 0 Å². The minimum Gasteiger partial charge on any atom is -0.339 e. The van der Waals surface area contributed by atoms with Crippen LogP contribution >= 0.6 is 11.3 Å². The first-order chi connectivity index (χ1) is 12.7. The summed E-state index contributed by atoms with van der Waals surface area (Å²) in [5.41, 5.74) is 0.912. The van der Waals surface area contributed by atoms with E-state index in [1.165, 1.54) is 11.3 Å². The summed E-state index contributed by atoms with van der Waals surface area (Å²) in [6.07, 6.45) is 4.66. The van der Waals surface area contributed by atoms with E-state index in [9.17, 15) is 4.79 Å². The van der Waals surface area contributed by atoms with Gasteiger partial charge < -0.3 is 9.84 Å². The van der Waals surface area contributed by atoms with E-state index < -0.39 is 0 Å². The second-order valence-corrected chi connectivity index (χ2v) is 6.95. The molecule has 136 valence electrons. The molecule has 2 heterocycles. The maximum atomic E-state index is 12.0. The lowest BCUT2D eigenvalue weighted by atomic mass is 10.2. The van der Waals surface area contributed by atoms with Crippen LogP contribution in [-0.4, -0.2) is 26.2 Å². The van der Waals surface area contributed by atoms with Gasteiger partial charge in [-0.1, -0.05) is 60.2 Å². The van der Waals surface area contributed by atoms with Gasteiger partial charge in [-0.2, -0.15) is 4.98 Å². The molecule has 0 fully saturated rings. The summed E-state index contributed by atoms with van der Waals surface area (Å²) in [7, 11) is 0. The second kappa shape index (κ2) is 9.19. The summed E-state index contributed by atoms with van der Waals surface area (Å²) in [6.45, 7) is 2.13. The molecule has 0 aliphatic heterocycles. The first-order valence-corrected chi connectivity index (χ1v) is 9.56. The van der Waals surface area contributed by atoms with Crippen LogP contribution in [0.1, 0.15) is 43.5 Å². The molecule has 1 N–H and O–H groups in total. The minimum absolute atomic E-state index is 0.0778. The smallest absolute Gasteiger partial charge is 0.226 e. The number of hydrogen-bond acceptors (Lipinski definition) is 7. The molecule has 0 aliphatic carbocycles. The molecule has 2 aromatic heterocycles. The quantitative estimate of drug-likeness (QED) is 0.613. The average Bonchev–Trinajstić information content (AvgIpc) is 3.30. The molecule has 26 heavy (non-hydrogen) atoms. The Morgan fingerprint density at radius 3 is 2.81 bits per heavy atom. The Bertz CT molecular complexity index is 831. The third-order valence-electron chi connectivity index (χ3n) is 3.75. The van der Waals surface area contributed by atoms with Gasteiger partial charge in [0.05, 0.1) is 0 Å². The fraction of sp³-hybridized carbons (Fsp3) is 0.389. The highest BCUT2D eigenvalue weighted by molar-refractivity contribution is 7.15. The molecule has 0 radical (unpaired) electrons. The van der Waals surface area contributed by atoms with Gasteiger partial charge in [0.25, 0.3) is 0 Å². The number of anilines is 1. The van der Waals surface area contributed by atoms with Crippen molar-refractivity contribution in [1.29, 1.82) is 0 Å². The summed E-state index contributed by atoms with van der Waals surface area (Å²) in [4.78, 5) is 16.4. The molecule has 8 heteroatoms. The van der Waals surface area contributed by atoms with Gasteiger partial charge >= 0.3 is 0 Å². The van der Waals surface area contributed by atoms with Crippen LogP contribution in [0.4, 0.5) is 5.13 Å². The molecule has 0 saturated heterocycles. The Balaban J connectivity index is 1.42. The molecule has 7 nitrogen and oxygen atoms in total. The number of rotatable bonds is 9. The fourth-order valence-electron chi connectivity index (χ4n) is 2.38. The third kappa shape index (κ3) is 5.19. The van der Waals surface area contributed by atoms with Gasteiger partial charge in [0.15, 0.2) is 0 Å². The Morgan fingerprint density at radius 1 is 1.15 bits per heavy atom. The number of carbonyl (C=O) groups excluding carboxylic acids is 1. The Morgan fingerprint density at radius 2 is 2.00 bits per heavy atom. The van der Waals surface area contributed by atoms with Crippen molar-refractivity contribution in [3.63, 3.8) is 0 Å². The molecule has 3 rings (SSSR count). The molecule has 3 aromatic rings. The number of hydrogen-bond donors (Lipinski definition) is 1. The van der Waals surface area contributed by atoms with E-state index in [0.717, 1.165) is 29.8 Å². The van der Waals surface area contributed by atoms with Gasteiger partial charge in [0.2, 0.25) is 22.8 Å². The van der Waals surface area contributed by atoms with Gasteiger partial charge in [-0.05, 0) is 12.8 Å². The number of benzene rings is 1. The molecule has 0 bridgehead atoms. The van der Waals surface area contributed by atoms with Crippen LogP contribution in [0.3, 0.4) is 0 Å². The second-order valence-electron chi connectivity index (χ2n) is 5.88. The van der Waals surface area contributed by atoms with E-state index in [2.05, 4.69) is 32.6 Å². The van der Waals surface area contributed by atoms with Crippen LogP contribution in [0, 0.1) is 0 Å². The molecular formula is C18H21N5O2S. The van der Waals surface area contributed by atoms with Crippen LogP contribution in [-0.2, 0) is 17.6 Å². The van der Waals surface area contributed by atoms with Gasteiger partial charge in [0, 0.05) is 24.8 Å². The van der Waals surface area contributed by atoms with Crippen molar-refractivity contribution in [3.05, 3.63) is 41.2 Å². The zero-order valence-corrected chi connectivity index (χ0v) is 15.5. The highest BCUT2D eigenvalue weighted by Crippen LogP contribution is 2.18. The van der Waals surface area contributed by atoms with Crippen LogP contribution in [0.25, 0.3) is 11.4 Å². The Kier molecular flexibility index (Phi) is 6.43. The summed E-state index contributed by atoms with van der Waals surface area (Å²) >= 11 is 1.44. The first-order valence-electron chi connectivity index (χ1n) is 8.75. The predicted molar refractivity (Wildman–Crippen MR) is 99.8 cm³/mol. The minimum atomic E-state index is -0.0778. The SMILES string of the molecule is CCCCc1nnc(NC(=O)CCCc2nc(-c3ccccc3)no2)s1. The number of carbonyl (C=O) groups is 1. The maximum absolute atomic E-state index is 12.0. The van der Waals surface area contributed by atoms with Gasteiger partial charge in [-0.15, -0.1) is 10.2 Å². The molecule has 0 atom stereocenters. The van der Waals surface area contributed by atoms with Gasteiger partial charge in [-0.25, -0.2) is 0 Å². The van der Waals surface area contributed by atoms with Crippen molar-refractivity contribution in [1.82, 2.24) is 20.3 Å². The van der Waals surface area contributed by atoms with E-state index in [4.69, 9.17) is 4.52 Å². The number of amides is 1. The van der Waals surface area contributed by atoms with Crippen LogP contribution in [0.15, 0.2) is 34.9 Å². The number of aryl methyl sites for hydroxylation is 2. The number of nitrogens with one attached hydrogen (secondary N) is 1. The summed E-state index contributed by atoms with van der Waals surface area (Å²) in [6, 6.07) is 9.65. The fourth-order valence-corrected chi connectivity index (χ4v) is 3.17. The maximum Gasteiger partial charge on any atom is 0.226 e. The average molecular weight is 371 g/mol. The topological polar surface area (TPSA) is 93.8 Å². The highest BCUT2D eigenvalue weighted by atomic mass is 32.1. The molecule has 0 unspecified atom stereocenters. The van der Waals surface area contributed by atoms with Gasteiger partial charge in [0.1, 0.15) is 5.01 Å². The normalized spacial score (nSPS) is 10.8. The lowest BCUT2D eigenvalue weighted by Gasteiger charge is -1.99. The molecule has 0 saturated carbocycles. The van der Waals surface area contributed by atoms with Crippen molar-refractivity contribution >= 4 is 22.4 Å². The van der Waals surface area contributed by atoms with E-state index in [0.29, 0.717) is 36.1 Å². The lowest BCUT2D eigenvalue weighted by Crippen LogP contribution is -2.11. The molecular weight excluding hydrogens is 350 g/mol. The van der Waals surface area contributed by atoms with Gasteiger partial charge in [-0.3, -0.25) is 4.79 Å². The largest absolute Gasteiger partial charge is 0.339 e. The highest BCUT2D eigenvalue weighted by Gasteiger charge is 2.11. The van der Waals surface area contributed by atoms with Crippen molar-refractivity contribution in [2.75, 3.05) is 5.32 Å². The number of aromatic nitrogens is 4. The molecule has 1 aromatic carbocycles.